The summed E-state index contributed by atoms with van der Waals surface area (Å²) in [6.45, 7) is 4.57. The van der Waals surface area contributed by atoms with Crippen molar-refractivity contribution in [3.8, 4) is 11.5 Å². The van der Waals surface area contributed by atoms with Gasteiger partial charge >= 0.3 is 0 Å². The van der Waals surface area contributed by atoms with Crippen LogP contribution in [0.5, 0.6) is 11.5 Å². The lowest BCUT2D eigenvalue weighted by Crippen LogP contribution is -2.25. The second kappa shape index (κ2) is 12.2. The van der Waals surface area contributed by atoms with Gasteiger partial charge in [-0.05, 0) is 58.0 Å². The van der Waals surface area contributed by atoms with Crippen molar-refractivity contribution in [2.75, 3.05) is 19.1 Å². The van der Waals surface area contributed by atoms with Crippen LogP contribution < -0.4 is 9.47 Å². The molecule has 3 rings (SSSR count). The van der Waals surface area contributed by atoms with Crippen molar-refractivity contribution in [3.05, 3.63) is 69.1 Å². The number of ether oxygens (including phenoxy) is 2. The fourth-order valence-electron chi connectivity index (χ4n) is 3.34. The summed E-state index contributed by atoms with van der Waals surface area (Å²) in [7, 11) is 0. The first kappa shape index (κ1) is 26.7. The summed E-state index contributed by atoms with van der Waals surface area (Å²) in [5.74, 6) is 1.47. The molecular formula is C24H29ClIN3O5. The third kappa shape index (κ3) is 6.82. The average molecular weight is 602 g/mol. The van der Waals surface area contributed by atoms with Gasteiger partial charge in [0.05, 0.1) is 19.0 Å². The van der Waals surface area contributed by atoms with Gasteiger partial charge in [-0.15, -0.1) is 16.7 Å². The van der Waals surface area contributed by atoms with Crippen LogP contribution in [0.25, 0.3) is 0 Å². The molecule has 3 N–H and O–H groups in total. The zero-order valence-electron chi connectivity index (χ0n) is 19.1. The van der Waals surface area contributed by atoms with E-state index >= 15 is 0 Å². The van der Waals surface area contributed by atoms with E-state index in [9.17, 15) is 15.3 Å². The molecule has 0 aliphatic heterocycles. The average Bonchev–Trinajstić information content (AvgIpc) is 3.20. The van der Waals surface area contributed by atoms with Crippen LogP contribution in [0.15, 0.2) is 48.5 Å². The number of aliphatic hydroxyl groups is 3. The number of alkyl halides is 1. The van der Waals surface area contributed by atoms with Gasteiger partial charge < -0.3 is 24.8 Å². The van der Waals surface area contributed by atoms with E-state index in [2.05, 4.69) is 24.2 Å². The third-order valence-electron chi connectivity index (χ3n) is 5.49. The van der Waals surface area contributed by atoms with Crippen molar-refractivity contribution < 1.29 is 24.8 Å². The number of hydrogen-bond acceptors (Lipinski definition) is 7. The van der Waals surface area contributed by atoms with E-state index in [0.717, 1.165) is 11.1 Å². The Bertz CT molecular complexity index is 1040. The first-order valence-corrected chi connectivity index (χ1v) is 12.4. The van der Waals surface area contributed by atoms with Gasteiger partial charge in [0.15, 0.2) is 0 Å². The Kier molecular flexibility index (Phi) is 9.55. The monoisotopic (exact) mass is 601 g/mol. The summed E-state index contributed by atoms with van der Waals surface area (Å²) >= 11 is 7.64. The second-order valence-corrected chi connectivity index (χ2v) is 9.76. The largest absolute Gasteiger partial charge is 0.491 e. The summed E-state index contributed by atoms with van der Waals surface area (Å²) in [6, 6.07) is 15.6. The Hall–Kier alpha value is -1.92. The maximum atomic E-state index is 10.3. The molecule has 1 heterocycles. The van der Waals surface area contributed by atoms with Crippen LogP contribution in [0.4, 0.5) is 0 Å². The number of benzene rings is 2. The number of rotatable bonds is 12. The number of aliphatic hydroxyl groups excluding tert-OH is 3. The lowest BCUT2D eigenvalue weighted by Gasteiger charge is -2.26. The highest BCUT2D eigenvalue weighted by Crippen LogP contribution is 2.33. The molecule has 2 aromatic carbocycles. The van der Waals surface area contributed by atoms with Crippen LogP contribution >= 0.6 is 34.2 Å². The van der Waals surface area contributed by atoms with Crippen molar-refractivity contribution in [1.82, 2.24) is 15.0 Å². The van der Waals surface area contributed by atoms with Crippen LogP contribution in [-0.2, 0) is 18.6 Å². The highest BCUT2D eigenvalue weighted by Gasteiger charge is 2.23. The molecule has 3 aromatic rings. The summed E-state index contributed by atoms with van der Waals surface area (Å²) in [6.07, 6.45) is -1.46. The highest BCUT2D eigenvalue weighted by atomic mass is 127. The second-order valence-electron chi connectivity index (χ2n) is 8.42. The zero-order valence-corrected chi connectivity index (χ0v) is 22.0. The Morgan fingerprint density at radius 1 is 0.941 bits per heavy atom. The molecule has 0 spiro atoms. The minimum atomic E-state index is -0.774. The number of halogens is 2. The molecule has 0 amide bonds. The maximum absolute atomic E-state index is 10.3. The van der Waals surface area contributed by atoms with E-state index in [1.165, 1.54) is 0 Å². The quantitative estimate of drug-likeness (QED) is 0.216. The molecule has 0 bridgehead atoms. The fourth-order valence-corrected chi connectivity index (χ4v) is 4.00. The van der Waals surface area contributed by atoms with E-state index in [1.54, 1.807) is 4.68 Å². The van der Waals surface area contributed by atoms with Crippen LogP contribution in [0, 0.1) is 3.70 Å². The Morgan fingerprint density at radius 3 is 1.88 bits per heavy atom. The molecule has 0 radical (unpaired) electrons. The molecule has 2 atom stereocenters. The molecule has 0 fully saturated rings. The van der Waals surface area contributed by atoms with Crippen LogP contribution in [0.2, 0.25) is 0 Å². The van der Waals surface area contributed by atoms with E-state index in [1.807, 2.05) is 71.1 Å². The minimum Gasteiger partial charge on any atom is -0.491 e. The van der Waals surface area contributed by atoms with Crippen LogP contribution in [0.1, 0.15) is 30.7 Å². The van der Waals surface area contributed by atoms with Gasteiger partial charge in [-0.3, -0.25) is 0 Å². The maximum Gasteiger partial charge on any atom is 0.125 e. The molecule has 0 saturated carbocycles. The normalized spacial score (nSPS) is 13.5. The van der Waals surface area contributed by atoms with E-state index in [-0.39, 0.29) is 37.7 Å². The summed E-state index contributed by atoms with van der Waals surface area (Å²) in [5, 5.41) is 36.8. The SMILES string of the molecule is CC(C)(c1ccc(OC[C@@H](O)Cn2nnc(CO)c2I)cc1)c1ccc(OC[C@@H](O)CCl)cc1. The predicted molar refractivity (Wildman–Crippen MR) is 137 cm³/mol. The van der Waals surface area contributed by atoms with Gasteiger partial charge in [0.25, 0.3) is 0 Å². The van der Waals surface area contributed by atoms with Gasteiger partial charge in [0, 0.05) is 5.41 Å². The predicted octanol–water partition coefficient (Wildman–Crippen LogP) is 3.12. The number of aromatic nitrogens is 3. The van der Waals surface area contributed by atoms with E-state index in [4.69, 9.17) is 21.1 Å². The van der Waals surface area contributed by atoms with Gasteiger partial charge in [-0.25, -0.2) is 4.68 Å². The number of nitrogens with zero attached hydrogens (tertiary/aromatic N) is 3. The van der Waals surface area contributed by atoms with Crippen molar-refractivity contribution in [1.29, 1.82) is 0 Å². The molecule has 0 aliphatic carbocycles. The lowest BCUT2D eigenvalue weighted by molar-refractivity contribution is 0.0881. The van der Waals surface area contributed by atoms with Gasteiger partial charge in [0.2, 0.25) is 0 Å². The lowest BCUT2D eigenvalue weighted by atomic mass is 9.78. The Labute approximate surface area is 217 Å². The Morgan fingerprint density at radius 2 is 1.44 bits per heavy atom. The zero-order chi connectivity index (χ0) is 24.7. The first-order chi connectivity index (χ1) is 16.2. The molecule has 1 aromatic heterocycles. The summed E-state index contributed by atoms with van der Waals surface area (Å²) in [4.78, 5) is 0. The van der Waals surface area contributed by atoms with Gasteiger partial charge in [0.1, 0.15) is 46.3 Å². The van der Waals surface area contributed by atoms with Crippen molar-refractivity contribution in [2.24, 2.45) is 0 Å². The van der Waals surface area contributed by atoms with E-state index in [0.29, 0.717) is 20.9 Å². The van der Waals surface area contributed by atoms with Crippen LogP contribution in [-0.4, -0.2) is 61.6 Å². The minimum absolute atomic E-state index is 0.104. The summed E-state index contributed by atoms with van der Waals surface area (Å²) in [5.41, 5.74) is 2.46. The van der Waals surface area contributed by atoms with Gasteiger partial charge in [-0.1, -0.05) is 43.3 Å². The van der Waals surface area contributed by atoms with Crippen LogP contribution in [0.3, 0.4) is 0 Å². The molecular weight excluding hydrogens is 573 g/mol. The third-order valence-corrected chi connectivity index (χ3v) is 7.02. The summed E-state index contributed by atoms with van der Waals surface area (Å²) < 4.78 is 13.5. The molecule has 0 saturated heterocycles. The standard InChI is InChI=1S/C24H29ClIN3O5/c1-24(2,16-3-7-20(8-4-16)33-14-18(31)11-25)17-5-9-21(10-6-17)34-15-19(32)12-29-23(26)22(13-30)27-28-29/h3-10,18-19,30-32H,11-15H2,1-2H3/t18-,19-/m0/s1. The molecule has 8 nitrogen and oxygen atoms in total. The molecule has 0 aliphatic rings. The van der Waals surface area contributed by atoms with Crippen molar-refractivity contribution in [3.63, 3.8) is 0 Å². The van der Waals surface area contributed by atoms with E-state index < -0.39 is 12.2 Å². The fraction of sp³-hybridized carbons (Fsp3) is 0.417. The smallest absolute Gasteiger partial charge is 0.125 e. The van der Waals surface area contributed by atoms with Crippen molar-refractivity contribution in [2.45, 2.75) is 44.6 Å². The molecule has 0 unspecified atom stereocenters. The number of hydrogen-bond donors (Lipinski definition) is 3. The Balaban J connectivity index is 1.56. The first-order valence-electron chi connectivity index (χ1n) is 10.8. The van der Waals surface area contributed by atoms with Crippen molar-refractivity contribution >= 4 is 34.2 Å². The molecule has 184 valence electrons. The molecule has 34 heavy (non-hydrogen) atoms. The molecule has 10 heteroatoms. The highest BCUT2D eigenvalue weighted by molar-refractivity contribution is 14.1. The van der Waals surface area contributed by atoms with Gasteiger partial charge in [-0.2, -0.15) is 0 Å². The topological polar surface area (TPSA) is 110 Å².